The van der Waals surface area contributed by atoms with Gasteiger partial charge in [-0.2, -0.15) is 0 Å². The maximum absolute atomic E-state index is 11.6. The summed E-state index contributed by atoms with van der Waals surface area (Å²) in [4.78, 5) is 13.4. The molecule has 1 aliphatic rings. The number of nitrogens with zero attached hydrogens (tertiary/aromatic N) is 1. The molecule has 74 valence electrons. The Bertz CT molecular complexity index is 223. The van der Waals surface area contributed by atoms with Crippen LogP contribution in [0.3, 0.4) is 0 Å². The van der Waals surface area contributed by atoms with Gasteiger partial charge >= 0.3 is 0 Å². The fraction of sp³-hybridized carbons (Fsp3) is 0.700. The van der Waals surface area contributed by atoms with Gasteiger partial charge in [0.25, 0.3) is 0 Å². The van der Waals surface area contributed by atoms with Crippen LogP contribution in [-0.2, 0) is 4.79 Å². The van der Waals surface area contributed by atoms with Crippen LogP contribution < -0.4 is 5.73 Å². The maximum atomic E-state index is 11.6. The van der Waals surface area contributed by atoms with Crippen molar-refractivity contribution in [2.45, 2.75) is 32.7 Å². The number of rotatable bonds is 2. The second-order valence-electron chi connectivity index (χ2n) is 3.60. The minimum atomic E-state index is -0.313. The van der Waals surface area contributed by atoms with Crippen molar-refractivity contribution in [2.24, 2.45) is 5.73 Å². The van der Waals surface area contributed by atoms with Gasteiger partial charge in [-0.3, -0.25) is 4.79 Å². The molecule has 0 aliphatic carbocycles. The van der Waals surface area contributed by atoms with Crippen molar-refractivity contribution in [2.75, 3.05) is 13.1 Å². The molecule has 3 heteroatoms. The number of hydrogen-bond donors (Lipinski definition) is 1. The highest BCUT2D eigenvalue weighted by molar-refractivity contribution is 5.81. The van der Waals surface area contributed by atoms with E-state index in [0.29, 0.717) is 0 Å². The summed E-state index contributed by atoms with van der Waals surface area (Å²) in [7, 11) is 0. The minimum Gasteiger partial charge on any atom is -0.337 e. The van der Waals surface area contributed by atoms with Gasteiger partial charge in [0.05, 0.1) is 6.04 Å². The molecule has 0 radical (unpaired) electrons. The molecule has 2 N–H and O–H groups in total. The lowest BCUT2D eigenvalue weighted by Crippen LogP contribution is -2.45. The Hall–Kier alpha value is -0.830. The highest BCUT2D eigenvalue weighted by Crippen LogP contribution is 2.10. The molecular formula is C10H18N2O. The summed E-state index contributed by atoms with van der Waals surface area (Å²) >= 11 is 0. The summed E-state index contributed by atoms with van der Waals surface area (Å²) in [6.07, 6.45) is 3.81. The van der Waals surface area contributed by atoms with E-state index in [1.54, 1.807) is 0 Å². The van der Waals surface area contributed by atoms with Gasteiger partial charge in [0.2, 0.25) is 5.91 Å². The monoisotopic (exact) mass is 182 g/mol. The van der Waals surface area contributed by atoms with E-state index in [1.807, 2.05) is 11.8 Å². The molecule has 1 rings (SSSR count). The molecule has 0 fully saturated rings. The highest BCUT2D eigenvalue weighted by atomic mass is 16.2. The van der Waals surface area contributed by atoms with Crippen LogP contribution in [0.5, 0.6) is 0 Å². The molecule has 0 spiro atoms. The molecule has 0 saturated carbocycles. The molecule has 0 bridgehead atoms. The number of nitrogens with two attached hydrogens (primary N) is 1. The van der Waals surface area contributed by atoms with E-state index >= 15 is 0 Å². The zero-order valence-electron chi connectivity index (χ0n) is 8.42. The van der Waals surface area contributed by atoms with E-state index in [9.17, 15) is 4.79 Å². The summed E-state index contributed by atoms with van der Waals surface area (Å²) in [5.41, 5.74) is 7.04. The Morgan fingerprint density at radius 2 is 2.46 bits per heavy atom. The smallest absolute Gasteiger partial charge is 0.239 e. The standard InChI is InChI=1S/C10H18N2O/c1-3-9(11)10(13)12-6-4-8(2)5-7-12/h4,9H,3,5-7,11H2,1-2H3/t9-/m1/s1. The first-order chi connectivity index (χ1) is 6.15. The van der Waals surface area contributed by atoms with Gasteiger partial charge in [-0.25, -0.2) is 0 Å². The van der Waals surface area contributed by atoms with Crippen LogP contribution in [0.4, 0.5) is 0 Å². The third kappa shape index (κ3) is 2.56. The van der Waals surface area contributed by atoms with E-state index in [-0.39, 0.29) is 11.9 Å². The van der Waals surface area contributed by atoms with E-state index in [1.165, 1.54) is 5.57 Å². The minimum absolute atomic E-state index is 0.0891. The largest absolute Gasteiger partial charge is 0.337 e. The van der Waals surface area contributed by atoms with Crippen LogP contribution >= 0.6 is 0 Å². The van der Waals surface area contributed by atoms with Crippen molar-refractivity contribution in [1.29, 1.82) is 0 Å². The van der Waals surface area contributed by atoms with Gasteiger partial charge in [0, 0.05) is 13.1 Å². The highest BCUT2D eigenvalue weighted by Gasteiger charge is 2.20. The van der Waals surface area contributed by atoms with Crippen LogP contribution in [0.25, 0.3) is 0 Å². The molecule has 13 heavy (non-hydrogen) atoms. The molecule has 0 unspecified atom stereocenters. The molecule has 0 saturated heterocycles. The summed E-state index contributed by atoms with van der Waals surface area (Å²) in [6.45, 7) is 5.60. The molecule has 0 aromatic carbocycles. The van der Waals surface area contributed by atoms with Crippen molar-refractivity contribution in [1.82, 2.24) is 4.90 Å². The molecule has 1 aliphatic heterocycles. The number of carbonyl (C=O) groups is 1. The van der Waals surface area contributed by atoms with Gasteiger partial charge < -0.3 is 10.6 Å². The molecule has 3 nitrogen and oxygen atoms in total. The van der Waals surface area contributed by atoms with Gasteiger partial charge in [0.1, 0.15) is 0 Å². The molecule has 1 heterocycles. The van der Waals surface area contributed by atoms with E-state index in [2.05, 4.69) is 13.0 Å². The van der Waals surface area contributed by atoms with Crippen LogP contribution in [0.2, 0.25) is 0 Å². The lowest BCUT2D eigenvalue weighted by molar-refractivity contribution is -0.132. The summed E-state index contributed by atoms with van der Waals surface area (Å²) < 4.78 is 0. The van der Waals surface area contributed by atoms with Crippen molar-refractivity contribution in [3.63, 3.8) is 0 Å². The van der Waals surface area contributed by atoms with Crippen LogP contribution in [0, 0.1) is 0 Å². The maximum Gasteiger partial charge on any atom is 0.239 e. The van der Waals surface area contributed by atoms with Crippen molar-refractivity contribution < 1.29 is 4.79 Å². The van der Waals surface area contributed by atoms with Crippen molar-refractivity contribution in [3.05, 3.63) is 11.6 Å². The average molecular weight is 182 g/mol. The van der Waals surface area contributed by atoms with Crippen LogP contribution in [0.15, 0.2) is 11.6 Å². The van der Waals surface area contributed by atoms with E-state index in [0.717, 1.165) is 25.9 Å². The van der Waals surface area contributed by atoms with Crippen molar-refractivity contribution >= 4 is 5.91 Å². The van der Waals surface area contributed by atoms with Crippen LogP contribution in [-0.4, -0.2) is 29.9 Å². The van der Waals surface area contributed by atoms with Gasteiger partial charge in [-0.15, -0.1) is 0 Å². The second-order valence-corrected chi connectivity index (χ2v) is 3.60. The Balaban J connectivity index is 2.50. The molecule has 1 atom stereocenters. The van der Waals surface area contributed by atoms with Gasteiger partial charge in [0.15, 0.2) is 0 Å². The van der Waals surface area contributed by atoms with Crippen LogP contribution in [0.1, 0.15) is 26.7 Å². The van der Waals surface area contributed by atoms with Crippen molar-refractivity contribution in [3.8, 4) is 0 Å². The SMILES string of the molecule is CC[C@@H](N)C(=O)N1CC=C(C)CC1. The summed E-state index contributed by atoms with van der Waals surface area (Å²) in [5, 5.41) is 0. The third-order valence-corrected chi connectivity index (χ3v) is 2.50. The Morgan fingerprint density at radius 1 is 1.77 bits per heavy atom. The number of amides is 1. The predicted octanol–water partition coefficient (Wildman–Crippen LogP) is 0.902. The van der Waals surface area contributed by atoms with E-state index < -0.39 is 0 Å². The second kappa shape index (κ2) is 4.42. The molecule has 0 aromatic rings. The fourth-order valence-corrected chi connectivity index (χ4v) is 1.38. The first kappa shape index (κ1) is 10.3. The Labute approximate surface area is 79.6 Å². The number of carbonyl (C=O) groups excluding carboxylic acids is 1. The zero-order valence-corrected chi connectivity index (χ0v) is 8.42. The lowest BCUT2D eigenvalue weighted by atomic mass is 10.1. The number of hydrogen-bond acceptors (Lipinski definition) is 2. The van der Waals surface area contributed by atoms with Gasteiger partial charge in [-0.1, -0.05) is 18.6 Å². The van der Waals surface area contributed by atoms with E-state index in [4.69, 9.17) is 5.73 Å². The summed E-state index contributed by atoms with van der Waals surface area (Å²) in [6, 6.07) is -0.313. The third-order valence-electron chi connectivity index (χ3n) is 2.50. The quantitative estimate of drug-likeness (QED) is 0.645. The summed E-state index contributed by atoms with van der Waals surface area (Å²) in [5.74, 6) is 0.0891. The fourth-order valence-electron chi connectivity index (χ4n) is 1.38. The lowest BCUT2D eigenvalue weighted by Gasteiger charge is -2.27. The zero-order chi connectivity index (χ0) is 9.84. The first-order valence-electron chi connectivity index (χ1n) is 4.85. The average Bonchev–Trinajstić information content (AvgIpc) is 2.17. The van der Waals surface area contributed by atoms with Gasteiger partial charge in [-0.05, 0) is 19.8 Å². The predicted molar refractivity (Wildman–Crippen MR) is 53.2 cm³/mol. The Kier molecular flexibility index (Phi) is 3.48. The molecule has 1 amide bonds. The topological polar surface area (TPSA) is 46.3 Å². The normalized spacial score (nSPS) is 19.6. The Morgan fingerprint density at radius 3 is 2.92 bits per heavy atom. The molecule has 0 aromatic heterocycles. The first-order valence-corrected chi connectivity index (χ1v) is 4.85. The molecular weight excluding hydrogens is 164 g/mol.